The first kappa shape index (κ1) is 32.6. The minimum absolute atomic E-state index is 0.0475. The molecule has 1 saturated heterocycles. The van der Waals surface area contributed by atoms with Crippen LogP contribution in [0.3, 0.4) is 0 Å². The van der Waals surface area contributed by atoms with Gasteiger partial charge in [0.1, 0.15) is 17.7 Å². The van der Waals surface area contributed by atoms with Crippen molar-refractivity contribution in [2.75, 3.05) is 52.4 Å². The third-order valence-corrected chi connectivity index (χ3v) is 8.36. The molecule has 14 heteroatoms. The molecule has 0 unspecified atom stereocenters. The monoisotopic (exact) mass is 660 g/mol. The van der Waals surface area contributed by atoms with Crippen LogP contribution in [-0.4, -0.2) is 91.4 Å². The number of amides is 3. The molecule has 3 amide bonds. The van der Waals surface area contributed by atoms with E-state index in [0.717, 1.165) is 5.52 Å². The van der Waals surface area contributed by atoms with Crippen LogP contribution in [0.15, 0.2) is 54.6 Å². The summed E-state index contributed by atoms with van der Waals surface area (Å²) < 4.78 is 39.0. The number of hydrogen-bond donors (Lipinski definition) is 3. The lowest BCUT2D eigenvalue weighted by Gasteiger charge is -2.39. The Bertz CT molecular complexity index is 1850. The second kappa shape index (κ2) is 14.2. The van der Waals surface area contributed by atoms with Crippen molar-refractivity contribution in [3.8, 4) is 17.2 Å². The number of ether oxygens (including phenoxy) is 4. The number of fused-ring (bicyclic) bond motifs is 6. The van der Waals surface area contributed by atoms with E-state index in [9.17, 15) is 18.8 Å². The number of carbonyl (C=O) groups is 3. The van der Waals surface area contributed by atoms with Crippen molar-refractivity contribution in [1.82, 2.24) is 25.1 Å². The molecule has 2 aliphatic rings. The number of methoxy groups -OCH3 is 2. The Hall–Kier alpha value is -5.37. The molecule has 3 N–H and O–H groups in total. The van der Waals surface area contributed by atoms with Crippen LogP contribution in [0.1, 0.15) is 32.7 Å². The third kappa shape index (κ3) is 7.13. The van der Waals surface area contributed by atoms with E-state index in [0.29, 0.717) is 54.5 Å². The molecule has 2 aliphatic heterocycles. The van der Waals surface area contributed by atoms with Crippen LogP contribution in [0, 0.1) is 5.82 Å². The van der Waals surface area contributed by atoms with Crippen molar-refractivity contribution in [3.63, 3.8) is 0 Å². The minimum Gasteiger partial charge on any atom is -0.493 e. The number of likely N-dealkylation sites (tertiary alicyclic amines) is 1. The van der Waals surface area contributed by atoms with Crippen LogP contribution >= 0.6 is 0 Å². The molecule has 48 heavy (non-hydrogen) atoms. The van der Waals surface area contributed by atoms with E-state index in [1.165, 1.54) is 25.3 Å². The average molecular weight is 661 g/mol. The van der Waals surface area contributed by atoms with Crippen molar-refractivity contribution in [2.45, 2.75) is 25.1 Å². The molecule has 0 saturated carbocycles. The number of rotatable bonds is 6. The normalized spacial score (nSPS) is 18.2. The zero-order valence-corrected chi connectivity index (χ0v) is 26.9. The van der Waals surface area contributed by atoms with Gasteiger partial charge in [0, 0.05) is 64.0 Å². The molecule has 4 bridgehead atoms. The fraction of sp³-hybridized carbons (Fsp3) is 0.353. The predicted octanol–water partition coefficient (Wildman–Crippen LogP) is 2.88. The summed E-state index contributed by atoms with van der Waals surface area (Å²) in [5.74, 6) is -0.199. The van der Waals surface area contributed by atoms with E-state index in [1.807, 2.05) is 17.7 Å². The largest absolute Gasteiger partial charge is 0.493 e. The highest BCUT2D eigenvalue weighted by atomic mass is 19.1. The summed E-state index contributed by atoms with van der Waals surface area (Å²) >= 11 is 0. The number of nitrogens with zero attached hydrogens (tertiary/aromatic N) is 3. The van der Waals surface area contributed by atoms with Crippen molar-refractivity contribution in [2.24, 2.45) is 7.05 Å². The molecule has 3 heterocycles. The van der Waals surface area contributed by atoms with Crippen molar-refractivity contribution >= 4 is 34.7 Å². The van der Waals surface area contributed by atoms with Gasteiger partial charge in [0.2, 0.25) is 5.95 Å². The van der Waals surface area contributed by atoms with Gasteiger partial charge in [-0.2, -0.15) is 0 Å². The van der Waals surface area contributed by atoms with Gasteiger partial charge in [-0.15, -0.1) is 0 Å². The van der Waals surface area contributed by atoms with Gasteiger partial charge in [-0.05, 0) is 54.1 Å². The Morgan fingerprint density at radius 3 is 2.79 bits per heavy atom. The Balaban J connectivity index is 1.28. The number of carbonyl (C=O) groups excluding carboxylic acids is 3. The highest BCUT2D eigenvalue weighted by Gasteiger charge is 2.35. The number of nitrogens with one attached hydrogen (secondary N) is 3. The zero-order chi connectivity index (χ0) is 33.8. The van der Waals surface area contributed by atoms with Crippen LogP contribution in [0.4, 0.5) is 10.3 Å². The summed E-state index contributed by atoms with van der Waals surface area (Å²) in [5.41, 5.74) is 2.72. The molecule has 0 spiro atoms. The van der Waals surface area contributed by atoms with Gasteiger partial charge in [-0.1, -0.05) is 0 Å². The fourth-order valence-electron chi connectivity index (χ4n) is 5.88. The first-order valence-corrected chi connectivity index (χ1v) is 15.6. The summed E-state index contributed by atoms with van der Waals surface area (Å²) in [5, 5.41) is 8.96. The lowest BCUT2D eigenvalue weighted by molar-refractivity contribution is -0.123. The van der Waals surface area contributed by atoms with Gasteiger partial charge in [0.15, 0.2) is 18.1 Å². The summed E-state index contributed by atoms with van der Waals surface area (Å²) in [6, 6.07) is 13.6. The number of aryl methyl sites for hydroxylation is 1. The van der Waals surface area contributed by atoms with E-state index in [4.69, 9.17) is 18.9 Å². The van der Waals surface area contributed by atoms with E-state index < -0.39 is 29.8 Å². The first-order valence-electron chi connectivity index (χ1n) is 15.6. The number of aromatic nitrogens is 2. The Morgan fingerprint density at radius 2 is 1.98 bits per heavy atom. The van der Waals surface area contributed by atoms with Gasteiger partial charge in [0.05, 0.1) is 30.8 Å². The van der Waals surface area contributed by atoms with Crippen molar-refractivity contribution in [1.29, 1.82) is 0 Å². The Morgan fingerprint density at radius 1 is 1.12 bits per heavy atom. The molecule has 4 aromatic rings. The standard InChI is InChI=1S/C34H37FN6O7/c1-40-27-6-4-22(14-25(27)39-34(40)36-9-11-45-2)33(44)41-10-8-28-26(18-41)38-32(43)21-5-7-29(46-3)30(15-21)47-19-31(42)37-17-20-12-23(35)16-24(13-20)48-28/h4-7,12-16,26,28H,8-11,17-19H2,1-3H3,(H,36,39)(H,37,42)(H,38,43)/t26-,28+/m0/s1. The molecule has 1 aromatic heterocycles. The summed E-state index contributed by atoms with van der Waals surface area (Å²) in [7, 11) is 4.98. The van der Waals surface area contributed by atoms with E-state index in [2.05, 4.69) is 20.9 Å². The summed E-state index contributed by atoms with van der Waals surface area (Å²) in [4.78, 5) is 46.3. The molecule has 0 radical (unpaired) electrons. The van der Waals surface area contributed by atoms with Crippen molar-refractivity contribution in [3.05, 3.63) is 77.1 Å². The second-order valence-corrected chi connectivity index (χ2v) is 11.6. The number of piperidine rings is 1. The van der Waals surface area contributed by atoms with Gasteiger partial charge in [0.25, 0.3) is 17.7 Å². The second-order valence-electron chi connectivity index (χ2n) is 11.6. The number of halogens is 1. The highest BCUT2D eigenvalue weighted by Crippen LogP contribution is 2.29. The minimum atomic E-state index is -0.656. The number of hydrogen-bond acceptors (Lipinski definition) is 9. The molecule has 13 nitrogen and oxygen atoms in total. The van der Waals surface area contributed by atoms with E-state index in [1.54, 1.807) is 42.3 Å². The highest BCUT2D eigenvalue weighted by molar-refractivity contribution is 5.98. The van der Waals surface area contributed by atoms with E-state index >= 15 is 0 Å². The van der Waals surface area contributed by atoms with Crippen molar-refractivity contribution < 1.29 is 37.7 Å². The summed E-state index contributed by atoms with van der Waals surface area (Å²) in [6.07, 6.45) is -0.238. The van der Waals surface area contributed by atoms with Crippen LogP contribution in [0.25, 0.3) is 11.0 Å². The molecular formula is C34H37FN6O7. The lowest BCUT2D eigenvalue weighted by atomic mass is 9.99. The number of anilines is 1. The van der Waals surface area contributed by atoms with Gasteiger partial charge in [-0.3, -0.25) is 14.4 Å². The quantitative estimate of drug-likeness (QED) is 0.266. The maximum absolute atomic E-state index is 14.6. The van der Waals surface area contributed by atoms with Crippen LogP contribution in [0.5, 0.6) is 17.2 Å². The Labute approximate surface area is 276 Å². The molecule has 1 fully saturated rings. The Kier molecular flexibility index (Phi) is 9.62. The SMILES string of the molecule is COCCNc1nc2cc(C(=O)N3CC[C@H]4Oc5cc(F)cc(c5)CNC(=O)COc5cc(ccc5OC)C(=O)N[C@H]4C3)ccc2n1C. The maximum Gasteiger partial charge on any atom is 0.258 e. The zero-order valence-electron chi connectivity index (χ0n) is 26.9. The fourth-order valence-corrected chi connectivity index (χ4v) is 5.88. The van der Waals surface area contributed by atoms with Gasteiger partial charge in [-0.25, -0.2) is 9.37 Å². The topological polar surface area (TPSA) is 145 Å². The summed E-state index contributed by atoms with van der Waals surface area (Å²) in [6.45, 7) is 1.28. The molecule has 6 rings (SSSR count). The predicted molar refractivity (Wildman–Crippen MR) is 174 cm³/mol. The van der Waals surface area contributed by atoms with Gasteiger partial charge < -0.3 is 44.4 Å². The van der Waals surface area contributed by atoms with Crippen LogP contribution in [0.2, 0.25) is 0 Å². The van der Waals surface area contributed by atoms with E-state index in [-0.39, 0.29) is 42.7 Å². The molecule has 3 aromatic carbocycles. The number of benzene rings is 3. The van der Waals surface area contributed by atoms with Crippen LogP contribution < -0.4 is 30.2 Å². The number of imidazole rings is 1. The molecule has 2 atom stereocenters. The van der Waals surface area contributed by atoms with Crippen LogP contribution in [-0.2, 0) is 23.1 Å². The molecule has 0 aliphatic carbocycles. The average Bonchev–Trinajstić information content (AvgIpc) is 3.40. The smallest absolute Gasteiger partial charge is 0.258 e. The maximum atomic E-state index is 14.6. The third-order valence-electron chi connectivity index (χ3n) is 8.36. The lowest BCUT2D eigenvalue weighted by Crippen LogP contribution is -2.58. The molecular weight excluding hydrogens is 623 g/mol. The molecule has 252 valence electrons. The first-order chi connectivity index (χ1) is 23.2. The van der Waals surface area contributed by atoms with Gasteiger partial charge >= 0.3 is 0 Å².